The Balaban J connectivity index is 1.71. The number of nitrogens with zero attached hydrogens (tertiary/aromatic N) is 2. The van der Waals surface area contributed by atoms with Gasteiger partial charge >= 0.3 is 17.8 Å². The van der Waals surface area contributed by atoms with Crippen molar-refractivity contribution in [3.63, 3.8) is 0 Å². The van der Waals surface area contributed by atoms with Gasteiger partial charge in [-0.25, -0.2) is 9.69 Å². The quantitative estimate of drug-likeness (QED) is 0.426. The van der Waals surface area contributed by atoms with Crippen LogP contribution in [-0.4, -0.2) is 46.6 Å². The molecule has 0 aromatic heterocycles. The number of benzene rings is 2. The number of carbonyl (C=O) groups excluding carboxylic acids is 4. The molecule has 7 nitrogen and oxygen atoms in total. The maximum atomic E-state index is 12.5. The SMILES string of the molecule is CCOc1ccc(C(=O)CN2C(=O)C(=O)N(Cc3ccccc3)C2=O)cc1. The van der Waals surface area contributed by atoms with Crippen molar-refractivity contribution in [3.8, 4) is 5.75 Å². The van der Waals surface area contributed by atoms with Crippen LogP contribution in [0.5, 0.6) is 5.75 Å². The van der Waals surface area contributed by atoms with Gasteiger partial charge in [0.1, 0.15) is 5.75 Å². The molecule has 0 saturated carbocycles. The van der Waals surface area contributed by atoms with Crippen LogP contribution >= 0.6 is 0 Å². The highest BCUT2D eigenvalue weighted by molar-refractivity contribution is 6.45. The highest BCUT2D eigenvalue weighted by Gasteiger charge is 2.45. The van der Waals surface area contributed by atoms with Crippen LogP contribution in [0.1, 0.15) is 22.8 Å². The summed E-state index contributed by atoms with van der Waals surface area (Å²) in [5.41, 5.74) is 1.04. The van der Waals surface area contributed by atoms with Crippen LogP contribution in [0, 0.1) is 0 Å². The van der Waals surface area contributed by atoms with E-state index in [1.807, 2.05) is 13.0 Å². The van der Waals surface area contributed by atoms with Crippen molar-refractivity contribution < 1.29 is 23.9 Å². The molecular weight excluding hydrogens is 348 g/mol. The van der Waals surface area contributed by atoms with E-state index in [0.717, 1.165) is 4.90 Å². The van der Waals surface area contributed by atoms with Crippen molar-refractivity contribution >= 4 is 23.6 Å². The Morgan fingerprint density at radius 1 is 0.889 bits per heavy atom. The number of Topliss-reactive ketones (excluding diaryl/α,β-unsaturated/α-hetero) is 1. The molecule has 1 aliphatic heterocycles. The third-order valence-electron chi connectivity index (χ3n) is 4.11. The molecule has 138 valence electrons. The van der Waals surface area contributed by atoms with Crippen molar-refractivity contribution in [1.29, 1.82) is 0 Å². The molecule has 0 N–H and O–H groups in total. The second kappa shape index (κ2) is 7.82. The minimum absolute atomic E-state index is 0.0159. The lowest BCUT2D eigenvalue weighted by Crippen LogP contribution is -2.36. The van der Waals surface area contributed by atoms with E-state index in [9.17, 15) is 19.2 Å². The molecule has 2 aromatic carbocycles. The normalized spacial score (nSPS) is 14.0. The Morgan fingerprint density at radius 2 is 1.52 bits per heavy atom. The van der Waals surface area contributed by atoms with Gasteiger partial charge in [-0.05, 0) is 36.8 Å². The molecule has 3 rings (SSSR count). The average Bonchev–Trinajstić information content (AvgIpc) is 2.88. The smallest absolute Gasteiger partial charge is 0.334 e. The highest BCUT2D eigenvalue weighted by atomic mass is 16.5. The molecule has 1 heterocycles. The zero-order chi connectivity index (χ0) is 19.4. The Morgan fingerprint density at radius 3 is 2.15 bits per heavy atom. The van der Waals surface area contributed by atoms with Crippen molar-refractivity contribution in [3.05, 3.63) is 65.7 Å². The molecule has 0 bridgehead atoms. The van der Waals surface area contributed by atoms with E-state index >= 15 is 0 Å². The van der Waals surface area contributed by atoms with Crippen molar-refractivity contribution in [2.75, 3.05) is 13.2 Å². The molecule has 0 aliphatic carbocycles. The predicted octanol–water partition coefficient (Wildman–Crippen LogP) is 2.26. The van der Waals surface area contributed by atoms with Gasteiger partial charge in [-0.2, -0.15) is 0 Å². The van der Waals surface area contributed by atoms with Gasteiger partial charge in [0.2, 0.25) is 0 Å². The minimum atomic E-state index is -0.991. The molecular formula is C20H18N2O5. The summed E-state index contributed by atoms with van der Waals surface area (Å²) >= 11 is 0. The van der Waals surface area contributed by atoms with Gasteiger partial charge in [-0.15, -0.1) is 0 Å². The Bertz CT molecular complexity index is 877. The summed E-state index contributed by atoms with van der Waals surface area (Å²) in [4.78, 5) is 50.7. The molecule has 4 amide bonds. The zero-order valence-electron chi connectivity index (χ0n) is 14.8. The van der Waals surface area contributed by atoms with Gasteiger partial charge in [0.05, 0.1) is 19.7 Å². The molecule has 0 radical (unpaired) electrons. The third kappa shape index (κ3) is 3.87. The number of rotatable bonds is 7. The molecule has 0 atom stereocenters. The summed E-state index contributed by atoms with van der Waals surface area (Å²) in [6.45, 7) is 1.85. The number of amides is 4. The first-order valence-electron chi connectivity index (χ1n) is 8.48. The fraction of sp³-hybridized carbons (Fsp3) is 0.200. The monoisotopic (exact) mass is 366 g/mol. The van der Waals surface area contributed by atoms with Crippen LogP contribution in [0.15, 0.2) is 54.6 Å². The second-order valence-corrected chi connectivity index (χ2v) is 5.93. The number of ketones is 1. The maximum Gasteiger partial charge on any atom is 0.334 e. The summed E-state index contributed by atoms with van der Waals surface area (Å²) in [7, 11) is 0. The van der Waals surface area contributed by atoms with Crippen molar-refractivity contribution in [2.24, 2.45) is 0 Å². The van der Waals surface area contributed by atoms with E-state index in [1.54, 1.807) is 48.5 Å². The van der Waals surface area contributed by atoms with E-state index in [4.69, 9.17) is 4.74 Å². The summed E-state index contributed by atoms with van der Waals surface area (Å²) in [5, 5.41) is 0. The fourth-order valence-electron chi connectivity index (χ4n) is 2.73. The van der Waals surface area contributed by atoms with E-state index in [2.05, 4.69) is 0 Å². The lowest BCUT2D eigenvalue weighted by atomic mass is 10.1. The number of ether oxygens (including phenoxy) is 1. The predicted molar refractivity (Wildman–Crippen MR) is 96.0 cm³/mol. The highest BCUT2D eigenvalue weighted by Crippen LogP contribution is 2.18. The molecule has 1 aliphatic rings. The van der Waals surface area contributed by atoms with Crippen LogP contribution in [0.3, 0.4) is 0 Å². The number of urea groups is 1. The summed E-state index contributed by atoms with van der Waals surface area (Å²) in [6, 6.07) is 14.5. The third-order valence-corrected chi connectivity index (χ3v) is 4.11. The topological polar surface area (TPSA) is 84.0 Å². The van der Waals surface area contributed by atoms with E-state index in [0.29, 0.717) is 28.4 Å². The molecule has 0 spiro atoms. The maximum absolute atomic E-state index is 12.5. The van der Waals surface area contributed by atoms with Gasteiger partial charge in [-0.1, -0.05) is 30.3 Å². The van der Waals surface area contributed by atoms with Gasteiger partial charge in [0.15, 0.2) is 5.78 Å². The summed E-state index contributed by atoms with van der Waals surface area (Å²) in [6.07, 6.45) is 0. The van der Waals surface area contributed by atoms with E-state index < -0.39 is 30.2 Å². The summed E-state index contributed by atoms with van der Waals surface area (Å²) in [5.74, 6) is -1.74. The van der Waals surface area contributed by atoms with Crippen LogP contribution in [0.25, 0.3) is 0 Å². The fourth-order valence-corrected chi connectivity index (χ4v) is 2.73. The van der Waals surface area contributed by atoms with Gasteiger partial charge < -0.3 is 4.74 Å². The largest absolute Gasteiger partial charge is 0.494 e. The van der Waals surface area contributed by atoms with E-state index in [1.165, 1.54) is 0 Å². The van der Waals surface area contributed by atoms with Crippen LogP contribution in [0.4, 0.5) is 4.79 Å². The van der Waals surface area contributed by atoms with Gasteiger partial charge in [-0.3, -0.25) is 19.3 Å². The summed E-state index contributed by atoms with van der Waals surface area (Å²) < 4.78 is 5.31. The first kappa shape index (κ1) is 18.3. The van der Waals surface area contributed by atoms with E-state index in [-0.39, 0.29) is 6.54 Å². The Kier molecular flexibility index (Phi) is 5.30. The average molecular weight is 366 g/mol. The molecule has 7 heteroatoms. The molecule has 27 heavy (non-hydrogen) atoms. The zero-order valence-corrected chi connectivity index (χ0v) is 14.8. The number of hydrogen-bond donors (Lipinski definition) is 0. The standard InChI is InChI=1S/C20H18N2O5/c1-2-27-16-10-8-15(9-11-16)17(23)13-22-19(25)18(24)21(20(22)26)12-14-6-4-3-5-7-14/h3-11H,2,12-13H2,1H3. The molecule has 2 aromatic rings. The van der Waals surface area contributed by atoms with Crippen LogP contribution in [0.2, 0.25) is 0 Å². The second-order valence-electron chi connectivity index (χ2n) is 5.93. The molecule has 1 fully saturated rings. The van der Waals surface area contributed by atoms with Crippen LogP contribution in [-0.2, 0) is 16.1 Å². The molecule has 1 saturated heterocycles. The Hall–Kier alpha value is -3.48. The number of carbonyl (C=O) groups is 4. The van der Waals surface area contributed by atoms with Crippen molar-refractivity contribution in [1.82, 2.24) is 9.80 Å². The van der Waals surface area contributed by atoms with Crippen molar-refractivity contribution in [2.45, 2.75) is 13.5 Å². The number of imide groups is 2. The lowest BCUT2D eigenvalue weighted by Gasteiger charge is -2.15. The van der Waals surface area contributed by atoms with Gasteiger partial charge in [0.25, 0.3) is 0 Å². The van der Waals surface area contributed by atoms with Gasteiger partial charge in [0, 0.05) is 5.56 Å². The first-order chi connectivity index (χ1) is 13.0. The number of hydrogen-bond acceptors (Lipinski definition) is 5. The molecule has 0 unspecified atom stereocenters. The lowest BCUT2D eigenvalue weighted by molar-refractivity contribution is -0.143. The van der Waals surface area contributed by atoms with Crippen LogP contribution < -0.4 is 4.74 Å². The Labute approximate surface area is 156 Å². The first-order valence-corrected chi connectivity index (χ1v) is 8.48. The minimum Gasteiger partial charge on any atom is -0.494 e.